The summed E-state index contributed by atoms with van der Waals surface area (Å²) in [6.45, 7) is 0.710. The van der Waals surface area contributed by atoms with E-state index in [0.29, 0.717) is 18.7 Å². The Bertz CT molecular complexity index is 969. The van der Waals surface area contributed by atoms with Crippen LogP contribution in [0, 0.1) is 0 Å². The van der Waals surface area contributed by atoms with Crippen LogP contribution >= 0.6 is 0 Å². The molecule has 0 spiro atoms. The molecular weight excluding hydrogens is 320 g/mol. The molecule has 3 rings (SSSR count). The number of carbonyl (C=O) groups excluding carboxylic acids is 1. The lowest BCUT2D eigenvalue weighted by atomic mass is 10.2. The van der Waals surface area contributed by atoms with Crippen molar-refractivity contribution in [2.45, 2.75) is 6.54 Å². The van der Waals surface area contributed by atoms with E-state index >= 15 is 0 Å². The van der Waals surface area contributed by atoms with Gasteiger partial charge in [0.1, 0.15) is 5.75 Å². The molecule has 25 heavy (non-hydrogen) atoms. The number of ether oxygens (including phenoxy) is 1. The van der Waals surface area contributed by atoms with Gasteiger partial charge in [0.25, 0.3) is 5.56 Å². The van der Waals surface area contributed by atoms with Crippen molar-refractivity contribution in [1.29, 1.82) is 0 Å². The zero-order valence-corrected chi connectivity index (χ0v) is 13.8. The van der Waals surface area contributed by atoms with Crippen LogP contribution in [0.4, 0.5) is 0 Å². The van der Waals surface area contributed by atoms with E-state index in [-0.39, 0.29) is 11.5 Å². The van der Waals surface area contributed by atoms with Crippen molar-refractivity contribution in [1.82, 2.24) is 9.88 Å². The minimum absolute atomic E-state index is 0.205. The maximum atomic E-state index is 12.2. The summed E-state index contributed by atoms with van der Waals surface area (Å²) in [7, 11) is 1.59. The Morgan fingerprint density at radius 2 is 2.20 bits per heavy atom. The van der Waals surface area contributed by atoms with Crippen LogP contribution < -0.4 is 15.6 Å². The van der Waals surface area contributed by atoms with Gasteiger partial charge in [-0.1, -0.05) is 12.1 Å². The Morgan fingerprint density at radius 3 is 3.04 bits per heavy atom. The Morgan fingerprint density at radius 1 is 1.32 bits per heavy atom. The Kier molecular flexibility index (Phi) is 4.99. The van der Waals surface area contributed by atoms with E-state index in [9.17, 15) is 9.59 Å². The van der Waals surface area contributed by atoms with E-state index in [1.165, 1.54) is 16.9 Å². The molecular formula is C19H18N2O4. The number of pyridine rings is 1. The summed E-state index contributed by atoms with van der Waals surface area (Å²) in [6, 6.07) is 11.0. The van der Waals surface area contributed by atoms with Crippen LogP contribution in [0.5, 0.6) is 5.75 Å². The molecule has 0 aliphatic carbocycles. The van der Waals surface area contributed by atoms with Gasteiger partial charge < -0.3 is 19.0 Å². The number of hydrogen-bond donors (Lipinski definition) is 1. The van der Waals surface area contributed by atoms with Crippen molar-refractivity contribution < 1.29 is 13.9 Å². The summed E-state index contributed by atoms with van der Waals surface area (Å²) in [5, 5.41) is 3.52. The zero-order valence-electron chi connectivity index (χ0n) is 13.8. The van der Waals surface area contributed by atoms with Crippen LogP contribution in [-0.4, -0.2) is 24.1 Å². The van der Waals surface area contributed by atoms with E-state index in [4.69, 9.17) is 9.15 Å². The van der Waals surface area contributed by atoms with Gasteiger partial charge in [0.2, 0.25) is 5.91 Å². The van der Waals surface area contributed by atoms with Crippen LogP contribution in [-0.2, 0) is 11.3 Å². The van der Waals surface area contributed by atoms with Gasteiger partial charge >= 0.3 is 0 Å². The number of rotatable bonds is 6. The lowest BCUT2D eigenvalue weighted by Crippen LogP contribution is -2.29. The fourth-order valence-corrected chi connectivity index (χ4v) is 2.44. The molecule has 0 aliphatic heterocycles. The van der Waals surface area contributed by atoms with Crippen molar-refractivity contribution in [3.05, 3.63) is 70.9 Å². The number of carbonyl (C=O) groups is 1. The Labute approximate surface area is 144 Å². The maximum Gasteiger partial charge on any atom is 0.294 e. The lowest BCUT2D eigenvalue weighted by Gasteiger charge is -2.06. The number of nitrogens with zero attached hydrogens (tertiary/aromatic N) is 1. The number of aromatic nitrogens is 1. The number of amides is 1. The second-order valence-electron chi connectivity index (χ2n) is 5.42. The fraction of sp³-hybridized carbons (Fsp3) is 0.158. The van der Waals surface area contributed by atoms with E-state index in [1.54, 1.807) is 25.4 Å². The minimum atomic E-state index is -0.227. The normalized spacial score (nSPS) is 11.1. The molecule has 0 bridgehead atoms. The smallest absolute Gasteiger partial charge is 0.294 e. The van der Waals surface area contributed by atoms with Crippen molar-refractivity contribution in [3.63, 3.8) is 0 Å². The number of furan rings is 1. The highest BCUT2D eigenvalue weighted by Crippen LogP contribution is 2.13. The average Bonchev–Trinajstić information content (AvgIpc) is 3.12. The van der Waals surface area contributed by atoms with Crippen LogP contribution in [0.25, 0.3) is 17.0 Å². The predicted octanol–water partition coefficient (Wildman–Crippen LogP) is 2.43. The van der Waals surface area contributed by atoms with E-state index < -0.39 is 0 Å². The molecule has 2 aromatic heterocycles. The van der Waals surface area contributed by atoms with Gasteiger partial charge in [0, 0.05) is 30.7 Å². The van der Waals surface area contributed by atoms with E-state index in [0.717, 1.165) is 16.7 Å². The molecule has 0 saturated carbocycles. The lowest BCUT2D eigenvalue weighted by molar-refractivity contribution is -0.116. The summed E-state index contributed by atoms with van der Waals surface area (Å²) in [4.78, 5) is 24.0. The highest BCUT2D eigenvalue weighted by atomic mass is 16.5. The molecule has 0 unspecified atom stereocenters. The quantitative estimate of drug-likeness (QED) is 0.701. The SMILES string of the molecule is COc1cccc(/C=C\C(=O)NCCn2ccc3ccoc3c2=O)c1. The van der Waals surface area contributed by atoms with Crippen molar-refractivity contribution >= 4 is 23.0 Å². The third kappa shape index (κ3) is 3.98. The molecule has 0 saturated heterocycles. The van der Waals surface area contributed by atoms with Crippen LogP contribution in [0.15, 0.2) is 64.1 Å². The topological polar surface area (TPSA) is 73.5 Å². The molecule has 6 nitrogen and oxygen atoms in total. The summed E-state index contributed by atoms with van der Waals surface area (Å²) < 4.78 is 11.8. The van der Waals surface area contributed by atoms with Crippen LogP contribution in [0.3, 0.4) is 0 Å². The molecule has 128 valence electrons. The molecule has 1 aromatic carbocycles. The van der Waals surface area contributed by atoms with Gasteiger partial charge in [0.05, 0.1) is 13.4 Å². The van der Waals surface area contributed by atoms with Crippen molar-refractivity contribution in [3.8, 4) is 5.75 Å². The number of nitrogens with one attached hydrogen (secondary N) is 1. The number of benzene rings is 1. The highest BCUT2D eigenvalue weighted by Gasteiger charge is 2.05. The largest absolute Gasteiger partial charge is 0.497 e. The maximum absolute atomic E-state index is 12.2. The summed E-state index contributed by atoms with van der Waals surface area (Å²) in [6.07, 6.45) is 6.34. The highest BCUT2D eigenvalue weighted by molar-refractivity contribution is 5.91. The monoisotopic (exact) mass is 338 g/mol. The first-order valence-corrected chi connectivity index (χ1v) is 7.84. The molecule has 2 heterocycles. The van der Waals surface area contributed by atoms with Gasteiger partial charge in [-0.15, -0.1) is 0 Å². The van der Waals surface area contributed by atoms with Gasteiger partial charge in [-0.25, -0.2) is 0 Å². The van der Waals surface area contributed by atoms with Crippen LogP contribution in [0.2, 0.25) is 0 Å². The molecule has 0 atom stereocenters. The molecule has 1 N–H and O–H groups in total. The Hall–Kier alpha value is -3.28. The summed E-state index contributed by atoms with van der Waals surface area (Å²) >= 11 is 0. The Balaban J connectivity index is 1.55. The first-order chi connectivity index (χ1) is 12.2. The molecule has 0 radical (unpaired) electrons. The second kappa shape index (κ2) is 7.53. The van der Waals surface area contributed by atoms with E-state index in [1.807, 2.05) is 30.3 Å². The first-order valence-electron chi connectivity index (χ1n) is 7.84. The molecule has 0 fully saturated rings. The summed E-state index contributed by atoms with van der Waals surface area (Å²) in [5.41, 5.74) is 0.990. The molecule has 3 aromatic rings. The standard InChI is InChI=1S/C19H18N2O4/c1-24-16-4-2-3-14(13-16)5-6-17(22)20-9-11-21-10-7-15-8-12-25-18(15)19(21)23/h2-8,10,12-13H,9,11H2,1H3,(H,20,22)/b6-5-. The van der Waals surface area contributed by atoms with Crippen molar-refractivity contribution in [2.24, 2.45) is 0 Å². The molecule has 0 aliphatic rings. The van der Waals surface area contributed by atoms with Gasteiger partial charge in [-0.3, -0.25) is 9.59 Å². The van der Waals surface area contributed by atoms with Gasteiger partial charge in [0.15, 0.2) is 5.58 Å². The predicted molar refractivity (Wildman–Crippen MR) is 95.5 cm³/mol. The number of hydrogen-bond acceptors (Lipinski definition) is 4. The van der Waals surface area contributed by atoms with Gasteiger partial charge in [-0.05, 0) is 35.9 Å². The first kappa shape index (κ1) is 16.6. The van der Waals surface area contributed by atoms with Gasteiger partial charge in [-0.2, -0.15) is 0 Å². The third-order valence-electron chi connectivity index (χ3n) is 3.76. The number of fused-ring (bicyclic) bond motifs is 1. The molecule has 6 heteroatoms. The third-order valence-corrected chi connectivity index (χ3v) is 3.76. The van der Waals surface area contributed by atoms with Crippen LogP contribution in [0.1, 0.15) is 5.56 Å². The zero-order chi connectivity index (χ0) is 17.6. The average molecular weight is 338 g/mol. The number of methoxy groups -OCH3 is 1. The second-order valence-corrected chi connectivity index (χ2v) is 5.42. The van der Waals surface area contributed by atoms with E-state index in [2.05, 4.69) is 5.32 Å². The minimum Gasteiger partial charge on any atom is -0.497 e. The van der Waals surface area contributed by atoms with Crippen molar-refractivity contribution in [2.75, 3.05) is 13.7 Å². The molecule has 1 amide bonds. The summed E-state index contributed by atoms with van der Waals surface area (Å²) in [5.74, 6) is 0.505. The fourth-order valence-electron chi connectivity index (χ4n) is 2.44.